The van der Waals surface area contributed by atoms with Gasteiger partial charge in [-0.1, -0.05) is 6.08 Å². The highest BCUT2D eigenvalue weighted by atomic mass is 16.5. The minimum Gasteiger partial charge on any atom is -0.385 e. The zero-order chi connectivity index (χ0) is 14.5. The van der Waals surface area contributed by atoms with Crippen LogP contribution in [0.4, 0.5) is 0 Å². The summed E-state index contributed by atoms with van der Waals surface area (Å²) in [6, 6.07) is 1.25. The fraction of sp³-hybridized carbons (Fsp3) is 0.765. The van der Waals surface area contributed by atoms with Crippen molar-refractivity contribution in [3.63, 3.8) is 0 Å². The Morgan fingerprint density at radius 1 is 1.05 bits per heavy atom. The fourth-order valence-electron chi connectivity index (χ4n) is 3.41. The summed E-state index contributed by atoms with van der Waals surface area (Å²) in [7, 11) is 2.21. The molecule has 0 saturated carbocycles. The molecule has 3 aliphatic rings. The summed E-state index contributed by atoms with van der Waals surface area (Å²) in [6.45, 7) is 4.23. The van der Waals surface area contributed by atoms with E-state index in [-0.39, 0.29) is 0 Å². The molecule has 2 saturated heterocycles. The molecule has 4 nitrogen and oxygen atoms in total. The van der Waals surface area contributed by atoms with Crippen molar-refractivity contribution in [3.05, 3.63) is 23.5 Å². The summed E-state index contributed by atoms with van der Waals surface area (Å²) in [5.41, 5.74) is 2.73. The average molecular weight is 291 g/mol. The molecule has 1 aliphatic carbocycles. The first-order valence-electron chi connectivity index (χ1n) is 8.50. The number of allylic oxidation sites excluding steroid dienone is 3. The van der Waals surface area contributed by atoms with Gasteiger partial charge in [0.05, 0.1) is 0 Å². The van der Waals surface area contributed by atoms with Crippen molar-refractivity contribution < 1.29 is 4.74 Å². The lowest BCUT2D eigenvalue weighted by atomic mass is 10.0. The average Bonchev–Trinajstić information content (AvgIpc) is 2.51. The minimum absolute atomic E-state index is 0.604. The van der Waals surface area contributed by atoms with Crippen LogP contribution in [0.15, 0.2) is 23.5 Å². The molecule has 2 N–H and O–H groups in total. The first kappa shape index (κ1) is 14.9. The summed E-state index contributed by atoms with van der Waals surface area (Å²) in [5, 5.41) is 7.46. The zero-order valence-corrected chi connectivity index (χ0v) is 13.2. The van der Waals surface area contributed by atoms with Crippen molar-refractivity contribution in [2.75, 3.05) is 33.4 Å². The molecule has 21 heavy (non-hydrogen) atoms. The Bertz CT molecular complexity index is 391. The van der Waals surface area contributed by atoms with Crippen LogP contribution >= 0.6 is 0 Å². The van der Waals surface area contributed by atoms with Crippen LogP contribution in [0.5, 0.6) is 0 Å². The smallest absolute Gasteiger partial charge is 0.0485 e. The molecular formula is C17H29N3O. The number of rotatable bonds is 4. The van der Waals surface area contributed by atoms with Crippen molar-refractivity contribution in [1.82, 2.24) is 15.5 Å². The van der Waals surface area contributed by atoms with E-state index in [1.54, 1.807) is 0 Å². The number of piperidine rings is 1. The topological polar surface area (TPSA) is 36.5 Å². The highest BCUT2D eigenvalue weighted by molar-refractivity contribution is 5.26. The molecule has 2 heterocycles. The van der Waals surface area contributed by atoms with Gasteiger partial charge in [-0.15, -0.1) is 0 Å². The van der Waals surface area contributed by atoms with Crippen LogP contribution in [0, 0.1) is 0 Å². The van der Waals surface area contributed by atoms with Gasteiger partial charge in [-0.2, -0.15) is 0 Å². The first-order valence-corrected chi connectivity index (χ1v) is 8.50. The lowest BCUT2D eigenvalue weighted by Gasteiger charge is -2.31. The van der Waals surface area contributed by atoms with Gasteiger partial charge in [-0.05, 0) is 64.7 Å². The van der Waals surface area contributed by atoms with Crippen LogP contribution in [-0.4, -0.2) is 50.3 Å². The van der Waals surface area contributed by atoms with Crippen LogP contribution in [-0.2, 0) is 4.74 Å². The van der Waals surface area contributed by atoms with E-state index in [0.717, 1.165) is 38.9 Å². The van der Waals surface area contributed by atoms with E-state index >= 15 is 0 Å². The summed E-state index contributed by atoms with van der Waals surface area (Å²) in [4.78, 5) is 2.42. The summed E-state index contributed by atoms with van der Waals surface area (Å²) in [5.74, 6) is 0. The standard InChI is InChI=1S/C17H29N3O/c1-20-9-5-14(6-10-20)18-16-3-2-4-17(13-16)19-15-7-11-21-12-8-15/h3,13-15,18-19H,2,4-12H2,1H3. The van der Waals surface area contributed by atoms with Gasteiger partial charge < -0.3 is 20.3 Å². The molecule has 4 heteroatoms. The molecule has 0 radical (unpaired) electrons. The molecule has 2 fully saturated rings. The Balaban J connectivity index is 1.50. The van der Waals surface area contributed by atoms with Gasteiger partial charge in [-0.3, -0.25) is 0 Å². The molecule has 0 aromatic rings. The van der Waals surface area contributed by atoms with Crippen molar-refractivity contribution in [3.8, 4) is 0 Å². The summed E-state index contributed by atoms with van der Waals surface area (Å²) < 4.78 is 5.43. The van der Waals surface area contributed by atoms with Gasteiger partial charge in [-0.25, -0.2) is 0 Å². The molecule has 0 aromatic heterocycles. The maximum atomic E-state index is 5.43. The number of hydrogen-bond donors (Lipinski definition) is 2. The van der Waals surface area contributed by atoms with E-state index in [9.17, 15) is 0 Å². The highest BCUT2D eigenvalue weighted by Gasteiger charge is 2.19. The SMILES string of the molecule is CN1CCC(NC2=CCCC(NC3CCOCC3)=C2)CC1. The first-order chi connectivity index (χ1) is 10.3. The monoisotopic (exact) mass is 291 g/mol. The van der Waals surface area contributed by atoms with Crippen molar-refractivity contribution in [1.29, 1.82) is 0 Å². The molecule has 0 spiro atoms. The highest BCUT2D eigenvalue weighted by Crippen LogP contribution is 2.19. The van der Waals surface area contributed by atoms with Crippen LogP contribution in [0.2, 0.25) is 0 Å². The maximum Gasteiger partial charge on any atom is 0.0485 e. The molecule has 0 aromatic carbocycles. The number of nitrogens with zero attached hydrogens (tertiary/aromatic N) is 1. The molecule has 0 bridgehead atoms. The Morgan fingerprint density at radius 3 is 2.52 bits per heavy atom. The van der Waals surface area contributed by atoms with Crippen LogP contribution in [0.25, 0.3) is 0 Å². The number of likely N-dealkylation sites (tertiary alicyclic amines) is 1. The number of nitrogens with one attached hydrogen (secondary N) is 2. The predicted octanol–water partition coefficient (Wildman–Crippen LogP) is 2.00. The Hall–Kier alpha value is -1.00. The minimum atomic E-state index is 0.604. The summed E-state index contributed by atoms with van der Waals surface area (Å²) >= 11 is 0. The lowest BCUT2D eigenvalue weighted by molar-refractivity contribution is 0.0801. The van der Waals surface area contributed by atoms with E-state index in [1.165, 1.54) is 37.3 Å². The molecule has 118 valence electrons. The van der Waals surface area contributed by atoms with Crippen molar-refractivity contribution in [2.24, 2.45) is 0 Å². The van der Waals surface area contributed by atoms with Crippen molar-refractivity contribution in [2.45, 2.75) is 50.6 Å². The second-order valence-corrected chi connectivity index (χ2v) is 6.62. The third-order valence-electron chi connectivity index (χ3n) is 4.81. The van der Waals surface area contributed by atoms with E-state index in [2.05, 4.69) is 34.7 Å². The second kappa shape index (κ2) is 7.32. The maximum absolute atomic E-state index is 5.43. The Labute approximate surface area is 128 Å². The van der Waals surface area contributed by atoms with Gasteiger partial charge in [0.1, 0.15) is 0 Å². The molecule has 0 unspecified atom stereocenters. The molecular weight excluding hydrogens is 262 g/mol. The van der Waals surface area contributed by atoms with Gasteiger partial charge >= 0.3 is 0 Å². The van der Waals surface area contributed by atoms with Gasteiger partial charge in [0.15, 0.2) is 0 Å². The van der Waals surface area contributed by atoms with E-state index in [4.69, 9.17) is 4.74 Å². The lowest BCUT2D eigenvalue weighted by Crippen LogP contribution is -2.40. The van der Waals surface area contributed by atoms with E-state index < -0.39 is 0 Å². The normalized spacial score (nSPS) is 26.1. The van der Waals surface area contributed by atoms with Gasteiger partial charge in [0, 0.05) is 36.7 Å². The largest absolute Gasteiger partial charge is 0.385 e. The molecule has 0 atom stereocenters. The van der Waals surface area contributed by atoms with Crippen LogP contribution < -0.4 is 10.6 Å². The third kappa shape index (κ3) is 4.48. The van der Waals surface area contributed by atoms with E-state index in [1.807, 2.05) is 0 Å². The Morgan fingerprint density at radius 2 is 1.76 bits per heavy atom. The predicted molar refractivity (Wildman–Crippen MR) is 86.0 cm³/mol. The quantitative estimate of drug-likeness (QED) is 0.831. The Kier molecular flexibility index (Phi) is 5.20. The van der Waals surface area contributed by atoms with Crippen molar-refractivity contribution >= 4 is 0 Å². The van der Waals surface area contributed by atoms with E-state index in [0.29, 0.717) is 12.1 Å². The van der Waals surface area contributed by atoms with Crippen LogP contribution in [0.1, 0.15) is 38.5 Å². The number of ether oxygens (including phenoxy) is 1. The summed E-state index contributed by atoms with van der Waals surface area (Å²) in [6.07, 6.45) is 11.8. The third-order valence-corrected chi connectivity index (χ3v) is 4.81. The number of hydrogen-bond acceptors (Lipinski definition) is 4. The molecule has 2 aliphatic heterocycles. The van der Waals surface area contributed by atoms with Gasteiger partial charge in [0.25, 0.3) is 0 Å². The molecule has 3 rings (SSSR count). The van der Waals surface area contributed by atoms with Gasteiger partial charge in [0.2, 0.25) is 0 Å². The van der Waals surface area contributed by atoms with Crippen LogP contribution in [0.3, 0.4) is 0 Å². The second-order valence-electron chi connectivity index (χ2n) is 6.62. The molecule has 0 amide bonds. The fourth-order valence-corrected chi connectivity index (χ4v) is 3.41. The zero-order valence-electron chi connectivity index (χ0n) is 13.2.